The van der Waals surface area contributed by atoms with E-state index in [9.17, 15) is 9.59 Å². The third-order valence-corrected chi connectivity index (χ3v) is 7.28. The standard InChI is InChI=1S/C32H41N3O2/c1-25(2)21-34(32(37)28-18-16-26(3)17-19-28)24-31(36)35(29-13-8-5-9-14-29)23-30-15-10-20-33(30)22-27-11-6-4-7-12-27/h4,6-7,10-12,15-20,25,29H,5,8-9,13-14,21-24H2,1-3H3. The Bertz CT molecular complexity index is 1140. The summed E-state index contributed by atoms with van der Waals surface area (Å²) < 4.78 is 2.24. The first kappa shape index (κ1) is 26.7. The van der Waals surface area contributed by atoms with Crippen molar-refractivity contribution in [2.75, 3.05) is 13.1 Å². The molecule has 0 radical (unpaired) electrons. The highest BCUT2D eigenvalue weighted by Crippen LogP contribution is 2.25. The van der Waals surface area contributed by atoms with Gasteiger partial charge in [0.25, 0.3) is 5.91 Å². The number of hydrogen-bond donors (Lipinski definition) is 0. The third kappa shape index (κ3) is 7.34. The molecule has 0 saturated heterocycles. The average molecular weight is 500 g/mol. The van der Waals surface area contributed by atoms with Gasteiger partial charge >= 0.3 is 0 Å². The minimum atomic E-state index is -0.0712. The molecule has 0 spiro atoms. The third-order valence-electron chi connectivity index (χ3n) is 7.28. The van der Waals surface area contributed by atoms with E-state index in [1.807, 2.05) is 37.3 Å². The van der Waals surface area contributed by atoms with Crippen molar-refractivity contribution in [3.05, 3.63) is 95.3 Å². The Labute approximate surface area is 222 Å². The number of rotatable bonds is 10. The van der Waals surface area contributed by atoms with Crippen LogP contribution >= 0.6 is 0 Å². The molecule has 1 aliphatic carbocycles. The molecule has 0 aliphatic heterocycles. The lowest BCUT2D eigenvalue weighted by Gasteiger charge is -2.36. The van der Waals surface area contributed by atoms with Crippen LogP contribution < -0.4 is 0 Å². The first-order chi connectivity index (χ1) is 17.9. The highest BCUT2D eigenvalue weighted by atomic mass is 16.2. The smallest absolute Gasteiger partial charge is 0.254 e. The van der Waals surface area contributed by atoms with Gasteiger partial charge in [-0.15, -0.1) is 0 Å². The second kappa shape index (κ2) is 12.8. The molecular formula is C32H41N3O2. The maximum atomic E-state index is 13.9. The molecule has 0 atom stereocenters. The lowest BCUT2D eigenvalue weighted by atomic mass is 9.94. The summed E-state index contributed by atoms with van der Waals surface area (Å²) >= 11 is 0. The largest absolute Gasteiger partial charge is 0.345 e. The fourth-order valence-corrected chi connectivity index (χ4v) is 5.31. The number of carbonyl (C=O) groups is 2. The number of amides is 2. The maximum Gasteiger partial charge on any atom is 0.254 e. The van der Waals surface area contributed by atoms with Crippen LogP contribution in [0.1, 0.15) is 73.1 Å². The van der Waals surface area contributed by atoms with Gasteiger partial charge in [0.2, 0.25) is 5.91 Å². The SMILES string of the molecule is Cc1ccc(C(=O)N(CC(=O)N(Cc2cccn2Cc2ccccc2)C2CCCCC2)CC(C)C)cc1. The number of carbonyl (C=O) groups excluding carboxylic acids is 2. The Hall–Kier alpha value is -3.34. The van der Waals surface area contributed by atoms with Crippen LogP contribution in [0.25, 0.3) is 0 Å². The summed E-state index contributed by atoms with van der Waals surface area (Å²) in [5, 5.41) is 0. The van der Waals surface area contributed by atoms with Gasteiger partial charge in [-0.1, -0.05) is 81.1 Å². The second-order valence-corrected chi connectivity index (χ2v) is 10.9. The zero-order valence-corrected chi connectivity index (χ0v) is 22.6. The van der Waals surface area contributed by atoms with Gasteiger partial charge in [0.05, 0.1) is 6.54 Å². The topological polar surface area (TPSA) is 45.6 Å². The van der Waals surface area contributed by atoms with Crippen molar-refractivity contribution in [2.45, 2.75) is 72.0 Å². The van der Waals surface area contributed by atoms with Crippen LogP contribution in [-0.4, -0.2) is 45.3 Å². The Morgan fingerprint density at radius 3 is 2.30 bits per heavy atom. The van der Waals surface area contributed by atoms with Crippen molar-refractivity contribution in [3.8, 4) is 0 Å². The van der Waals surface area contributed by atoms with E-state index >= 15 is 0 Å². The van der Waals surface area contributed by atoms with Crippen LogP contribution in [0.2, 0.25) is 0 Å². The summed E-state index contributed by atoms with van der Waals surface area (Å²) in [4.78, 5) is 31.2. The van der Waals surface area contributed by atoms with Crippen LogP contribution in [0.4, 0.5) is 0 Å². The number of aryl methyl sites for hydroxylation is 1. The van der Waals surface area contributed by atoms with E-state index in [-0.39, 0.29) is 30.3 Å². The fraction of sp³-hybridized carbons (Fsp3) is 0.438. The lowest BCUT2D eigenvalue weighted by molar-refractivity contribution is -0.135. The van der Waals surface area contributed by atoms with Crippen molar-refractivity contribution in [1.82, 2.24) is 14.4 Å². The van der Waals surface area contributed by atoms with Gasteiger partial charge in [0.15, 0.2) is 0 Å². The molecule has 0 bridgehead atoms. The molecular weight excluding hydrogens is 458 g/mol. The first-order valence-electron chi connectivity index (χ1n) is 13.7. The van der Waals surface area contributed by atoms with Crippen molar-refractivity contribution in [3.63, 3.8) is 0 Å². The van der Waals surface area contributed by atoms with E-state index in [2.05, 4.69) is 65.9 Å². The summed E-state index contributed by atoms with van der Waals surface area (Å²) in [5.74, 6) is 0.243. The van der Waals surface area contributed by atoms with Gasteiger partial charge in [-0.2, -0.15) is 0 Å². The molecule has 1 saturated carbocycles. The molecule has 0 N–H and O–H groups in total. The molecule has 37 heavy (non-hydrogen) atoms. The molecule has 2 amide bonds. The van der Waals surface area contributed by atoms with E-state index in [4.69, 9.17) is 0 Å². The summed E-state index contributed by atoms with van der Waals surface area (Å²) in [6.45, 7) is 8.21. The van der Waals surface area contributed by atoms with Crippen molar-refractivity contribution in [1.29, 1.82) is 0 Å². The van der Waals surface area contributed by atoms with Crippen LogP contribution in [0.3, 0.4) is 0 Å². The highest BCUT2D eigenvalue weighted by molar-refractivity contribution is 5.96. The lowest BCUT2D eigenvalue weighted by Crippen LogP contribution is -2.48. The van der Waals surface area contributed by atoms with Gasteiger partial charge in [0, 0.05) is 36.6 Å². The minimum absolute atomic E-state index is 0.0421. The Kier molecular flexibility index (Phi) is 9.21. The Morgan fingerprint density at radius 1 is 0.919 bits per heavy atom. The van der Waals surface area contributed by atoms with E-state index < -0.39 is 0 Å². The van der Waals surface area contributed by atoms with Gasteiger partial charge < -0.3 is 14.4 Å². The van der Waals surface area contributed by atoms with E-state index in [1.54, 1.807) is 4.90 Å². The molecule has 3 aromatic rings. The normalized spacial score (nSPS) is 14.1. The van der Waals surface area contributed by atoms with Gasteiger partial charge in [-0.25, -0.2) is 0 Å². The molecule has 1 aliphatic rings. The molecule has 5 heteroatoms. The van der Waals surface area contributed by atoms with Gasteiger partial charge in [-0.3, -0.25) is 9.59 Å². The zero-order valence-electron chi connectivity index (χ0n) is 22.6. The molecule has 0 unspecified atom stereocenters. The van der Waals surface area contributed by atoms with E-state index in [0.29, 0.717) is 18.7 Å². The number of nitrogens with zero attached hydrogens (tertiary/aromatic N) is 3. The Balaban J connectivity index is 1.55. The second-order valence-electron chi connectivity index (χ2n) is 10.9. The minimum Gasteiger partial charge on any atom is -0.345 e. The molecule has 196 valence electrons. The molecule has 1 fully saturated rings. The first-order valence-corrected chi connectivity index (χ1v) is 13.7. The predicted molar refractivity (Wildman–Crippen MR) is 149 cm³/mol. The van der Waals surface area contributed by atoms with Crippen molar-refractivity contribution in [2.24, 2.45) is 5.92 Å². The molecule has 1 aromatic heterocycles. The highest BCUT2D eigenvalue weighted by Gasteiger charge is 2.29. The van der Waals surface area contributed by atoms with Gasteiger partial charge in [-0.05, 0) is 55.5 Å². The van der Waals surface area contributed by atoms with E-state index in [0.717, 1.165) is 43.5 Å². The predicted octanol–water partition coefficient (Wildman–Crippen LogP) is 6.30. The van der Waals surface area contributed by atoms with Crippen LogP contribution in [0.5, 0.6) is 0 Å². The summed E-state index contributed by atoms with van der Waals surface area (Å²) in [5.41, 5.74) is 4.12. The maximum absolute atomic E-state index is 13.9. The quantitative estimate of drug-likeness (QED) is 0.328. The fourth-order valence-electron chi connectivity index (χ4n) is 5.31. The number of aromatic nitrogens is 1. The average Bonchev–Trinajstić information content (AvgIpc) is 3.34. The van der Waals surface area contributed by atoms with E-state index in [1.165, 1.54) is 12.0 Å². The van der Waals surface area contributed by atoms with Gasteiger partial charge in [0.1, 0.15) is 6.54 Å². The Morgan fingerprint density at radius 2 is 1.62 bits per heavy atom. The molecule has 2 aromatic carbocycles. The van der Waals surface area contributed by atoms with Crippen LogP contribution in [0.15, 0.2) is 72.9 Å². The van der Waals surface area contributed by atoms with Crippen molar-refractivity contribution >= 4 is 11.8 Å². The zero-order chi connectivity index (χ0) is 26.2. The van der Waals surface area contributed by atoms with Crippen molar-refractivity contribution < 1.29 is 9.59 Å². The van der Waals surface area contributed by atoms with Crippen LogP contribution in [-0.2, 0) is 17.9 Å². The van der Waals surface area contributed by atoms with Crippen LogP contribution in [0, 0.1) is 12.8 Å². The molecule has 1 heterocycles. The number of hydrogen-bond acceptors (Lipinski definition) is 2. The molecule has 4 rings (SSSR count). The summed E-state index contributed by atoms with van der Waals surface area (Å²) in [7, 11) is 0. The summed E-state index contributed by atoms with van der Waals surface area (Å²) in [6.07, 6.45) is 7.68. The molecule has 5 nitrogen and oxygen atoms in total. The number of benzene rings is 2. The summed E-state index contributed by atoms with van der Waals surface area (Å²) in [6, 6.07) is 22.5. The monoisotopic (exact) mass is 499 g/mol.